The van der Waals surface area contributed by atoms with E-state index in [9.17, 15) is 14.7 Å². The van der Waals surface area contributed by atoms with Gasteiger partial charge in [-0.25, -0.2) is 0 Å². The lowest BCUT2D eigenvalue weighted by molar-refractivity contribution is -0.143. The number of aromatic nitrogens is 1. The third-order valence-corrected chi connectivity index (χ3v) is 4.01. The molecule has 128 valence electrons. The fourth-order valence-electron chi connectivity index (χ4n) is 2.65. The molecule has 0 saturated heterocycles. The minimum absolute atomic E-state index is 0.199. The van der Waals surface area contributed by atoms with Crippen LogP contribution in [0.15, 0.2) is 34.9 Å². The van der Waals surface area contributed by atoms with Gasteiger partial charge in [-0.3, -0.25) is 9.59 Å². The molecule has 1 heterocycles. The first-order valence-corrected chi connectivity index (χ1v) is 7.90. The molecular formula is C17H19ClN2O4. The van der Waals surface area contributed by atoms with Gasteiger partial charge < -0.3 is 14.9 Å². The molecule has 0 fully saturated rings. The standard InChI is InChI=1S/C17H19ClN2O4/c1-9(2)14(16(21)19-13-8-10(3)24-20-13)15(17(22)23)11-4-6-12(18)7-5-11/h4-9,14-15H,1-3H3,(H,22,23)(H,19,20,21). The molecule has 2 rings (SSSR count). The molecule has 0 aliphatic rings. The van der Waals surface area contributed by atoms with Gasteiger partial charge in [0.05, 0.1) is 11.8 Å². The number of amides is 1. The number of nitrogens with one attached hydrogen (secondary N) is 1. The Morgan fingerprint density at radius 3 is 2.33 bits per heavy atom. The number of carboxylic acid groups (broad SMARTS) is 1. The number of nitrogens with zero attached hydrogens (tertiary/aromatic N) is 1. The van der Waals surface area contributed by atoms with Crippen LogP contribution >= 0.6 is 11.6 Å². The molecule has 0 saturated carbocycles. The Bertz CT molecular complexity index is 724. The van der Waals surface area contributed by atoms with Gasteiger partial charge in [0.2, 0.25) is 5.91 Å². The summed E-state index contributed by atoms with van der Waals surface area (Å²) in [5.41, 5.74) is 0.525. The molecule has 6 nitrogen and oxygen atoms in total. The predicted octanol–water partition coefficient (Wildman–Crippen LogP) is 3.72. The lowest BCUT2D eigenvalue weighted by Crippen LogP contribution is -2.36. The SMILES string of the molecule is Cc1cc(NC(=O)C(C(C)C)C(C(=O)O)c2ccc(Cl)cc2)no1. The summed E-state index contributed by atoms with van der Waals surface area (Å²) in [6.45, 7) is 5.32. The normalized spacial score (nSPS) is 13.5. The lowest BCUT2D eigenvalue weighted by atomic mass is 9.78. The van der Waals surface area contributed by atoms with Gasteiger partial charge in [-0.2, -0.15) is 0 Å². The summed E-state index contributed by atoms with van der Waals surface area (Å²) in [5, 5.41) is 16.5. The number of benzene rings is 1. The number of carbonyl (C=O) groups is 2. The molecule has 0 spiro atoms. The second-order valence-electron chi connectivity index (χ2n) is 5.95. The Hall–Kier alpha value is -2.34. The molecule has 7 heteroatoms. The van der Waals surface area contributed by atoms with Crippen LogP contribution in [-0.2, 0) is 9.59 Å². The number of aryl methyl sites for hydroxylation is 1. The molecule has 2 N–H and O–H groups in total. The first-order chi connectivity index (χ1) is 11.3. The Balaban J connectivity index is 2.32. The van der Waals surface area contributed by atoms with Gasteiger partial charge >= 0.3 is 5.97 Å². The van der Waals surface area contributed by atoms with E-state index < -0.39 is 23.7 Å². The number of aliphatic carboxylic acids is 1. The number of carbonyl (C=O) groups excluding carboxylic acids is 1. The second-order valence-corrected chi connectivity index (χ2v) is 6.39. The summed E-state index contributed by atoms with van der Waals surface area (Å²) >= 11 is 5.86. The average Bonchev–Trinajstić information content (AvgIpc) is 2.90. The fourth-order valence-corrected chi connectivity index (χ4v) is 2.77. The molecule has 2 atom stereocenters. The van der Waals surface area contributed by atoms with Gasteiger partial charge in [-0.05, 0) is 30.5 Å². The fraction of sp³-hybridized carbons (Fsp3) is 0.353. The van der Waals surface area contributed by atoms with E-state index in [-0.39, 0.29) is 11.7 Å². The van der Waals surface area contributed by atoms with E-state index >= 15 is 0 Å². The molecular weight excluding hydrogens is 332 g/mol. The highest BCUT2D eigenvalue weighted by Gasteiger charge is 2.37. The molecule has 1 amide bonds. The number of hydrogen-bond acceptors (Lipinski definition) is 4. The maximum atomic E-state index is 12.7. The number of halogens is 1. The lowest BCUT2D eigenvalue weighted by Gasteiger charge is -2.26. The molecule has 0 aliphatic heterocycles. The van der Waals surface area contributed by atoms with Gasteiger partial charge in [0.1, 0.15) is 5.76 Å². The highest BCUT2D eigenvalue weighted by atomic mass is 35.5. The zero-order chi connectivity index (χ0) is 17.9. The van der Waals surface area contributed by atoms with E-state index in [0.717, 1.165) is 0 Å². The Labute approximate surface area is 144 Å². The van der Waals surface area contributed by atoms with Gasteiger partial charge in [0, 0.05) is 11.1 Å². The predicted molar refractivity (Wildman–Crippen MR) is 90.0 cm³/mol. The number of carboxylic acids is 1. The van der Waals surface area contributed by atoms with Crippen molar-refractivity contribution in [3.63, 3.8) is 0 Å². The van der Waals surface area contributed by atoms with E-state index in [4.69, 9.17) is 16.1 Å². The van der Waals surface area contributed by atoms with Crippen molar-refractivity contribution in [2.24, 2.45) is 11.8 Å². The average molecular weight is 351 g/mol. The number of rotatable bonds is 6. The van der Waals surface area contributed by atoms with E-state index in [1.807, 2.05) is 13.8 Å². The zero-order valence-corrected chi connectivity index (χ0v) is 14.4. The van der Waals surface area contributed by atoms with Crippen molar-refractivity contribution in [2.75, 3.05) is 5.32 Å². The molecule has 0 aliphatic carbocycles. The minimum Gasteiger partial charge on any atom is -0.481 e. The first-order valence-electron chi connectivity index (χ1n) is 7.52. The topological polar surface area (TPSA) is 92.4 Å². The van der Waals surface area contributed by atoms with Gasteiger partial charge in [0.25, 0.3) is 0 Å². The molecule has 0 bridgehead atoms. The van der Waals surface area contributed by atoms with Gasteiger partial charge in [-0.15, -0.1) is 0 Å². The second kappa shape index (κ2) is 7.49. The van der Waals surface area contributed by atoms with E-state index in [0.29, 0.717) is 16.3 Å². The van der Waals surface area contributed by atoms with Crippen molar-refractivity contribution >= 4 is 29.3 Å². The molecule has 24 heavy (non-hydrogen) atoms. The Morgan fingerprint density at radius 2 is 1.88 bits per heavy atom. The third kappa shape index (κ3) is 4.14. The van der Waals surface area contributed by atoms with E-state index in [1.54, 1.807) is 37.3 Å². The summed E-state index contributed by atoms with van der Waals surface area (Å²) in [5.74, 6) is -2.63. The van der Waals surface area contributed by atoms with Crippen molar-refractivity contribution in [1.82, 2.24) is 5.16 Å². The van der Waals surface area contributed by atoms with Gasteiger partial charge in [0.15, 0.2) is 5.82 Å². The molecule has 2 aromatic rings. The van der Waals surface area contributed by atoms with Crippen LogP contribution in [0.4, 0.5) is 5.82 Å². The van der Waals surface area contributed by atoms with Crippen LogP contribution in [0, 0.1) is 18.8 Å². The quantitative estimate of drug-likeness (QED) is 0.828. The number of anilines is 1. The van der Waals surface area contributed by atoms with Crippen LogP contribution in [0.5, 0.6) is 0 Å². The summed E-state index contributed by atoms with van der Waals surface area (Å²) in [4.78, 5) is 24.5. The summed E-state index contributed by atoms with van der Waals surface area (Å²) in [6.07, 6.45) is 0. The zero-order valence-electron chi connectivity index (χ0n) is 13.6. The Kier molecular flexibility index (Phi) is 5.62. The van der Waals surface area contributed by atoms with Crippen molar-refractivity contribution in [3.8, 4) is 0 Å². The van der Waals surface area contributed by atoms with Crippen LogP contribution in [0.25, 0.3) is 0 Å². The molecule has 2 unspecified atom stereocenters. The smallest absolute Gasteiger partial charge is 0.311 e. The third-order valence-electron chi connectivity index (χ3n) is 3.75. The Morgan fingerprint density at radius 1 is 1.25 bits per heavy atom. The van der Waals surface area contributed by atoms with Crippen LogP contribution in [0.2, 0.25) is 5.02 Å². The molecule has 1 aromatic heterocycles. The summed E-state index contributed by atoms with van der Waals surface area (Å²) < 4.78 is 4.92. The minimum atomic E-state index is -1.07. The van der Waals surface area contributed by atoms with Crippen LogP contribution in [0.1, 0.15) is 31.1 Å². The highest BCUT2D eigenvalue weighted by molar-refractivity contribution is 6.30. The first kappa shape index (κ1) is 18.0. The highest BCUT2D eigenvalue weighted by Crippen LogP contribution is 2.32. The largest absolute Gasteiger partial charge is 0.481 e. The maximum Gasteiger partial charge on any atom is 0.311 e. The van der Waals surface area contributed by atoms with Crippen LogP contribution < -0.4 is 5.32 Å². The monoisotopic (exact) mass is 350 g/mol. The van der Waals surface area contributed by atoms with Crippen molar-refractivity contribution in [3.05, 3.63) is 46.7 Å². The summed E-state index contributed by atoms with van der Waals surface area (Å²) in [7, 11) is 0. The van der Waals surface area contributed by atoms with E-state index in [1.165, 1.54) is 0 Å². The van der Waals surface area contributed by atoms with Crippen molar-refractivity contribution < 1.29 is 19.2 Å². The van der Waals surface area contributed by atoms with Crippen LogP contribution in [-0.4, -0.2) is 22.1 Å². The van der Waals surface area contributed by atoms with Crippen molar-refractivity contribution in [1.29, 1.82) is 0 Å². The maximum absolute atomic E-state index is 12.7. The van der Waals surface area contributed by atoms with Crippen molar-refractivity contribution in [2.45, 2.75) is 26.7 Å². The molecule has 0 radical (unpaired) electrons. The molecule has 1 aromatic carbocycles. The van der Waals surface area contributed by atoms with Gasteiger partial charge in [-0.1, -0.05) is 42.7 Å². The summed E-state index contributed by atoms with van der Waals surface area (Å²) in [6, 6.07) is 8.06. The van der Waals surface area contributed by atoms with E-state index in [2.05, 4.69) is 10.5 Å². The van der Waals surface area contributed by atoms with Crippen LogP contribution in [0.3, 0.4) is 0 Å². The number of hydrogen-bond donors (Lipinski definition) is 2.